The van der Waals surface area contributed by atoms with Crippen molar-refractivity contribution in [1.29, 1.82) is 0 Å². The van der Waals surface area contributed by atoms with Gasteiger partial charge in [-0.15, -0.1) is 0 Å². The summed E-state index contributed by atoms with van der Waals surface area (Å²) in [5, 5.41) is 7.56. The molecule has 1 aliphatic carbocycles. The highest BCUT2D eigenvalue weighted by atomic mass is 16.5. The molecule has 7 heteroatoms. The first kappa shape index (κ1) is 18.8. The van der Waals surface area contributed by atoms with Gasteiger partial charge in [-0.05, 0) is 57.6 Å². The van der Waals surface area contributed by atoms with Gasteiger partial charge in [0.25, 0.3) is 0 Å². The Bertz CT molecular complexity index is 787. The summed E-state index contributed by atoms with van der Waals surface area (Å²) in [5.41, 5.74) is -0.229. The highest BCUT2D eigenvalue weighted by Crippen LogP contribution is 2.42. The van der Waals surface area contributed by atoms with Crippen molar-refractivity contribution in [2.24, 2.45) is 11.8 Å². The summed E-state index contributed by atoms with van der Waals surface area (Å²) in [7, 11) is 0. The topological polar surface area (TPSA) is 72.3 Å². The van der Waals surface area contributed by atoms with E-state index in [9.17, 15) is 4.79 Å². The van der Waals surface area contributed by atoms with E-state index in [2.05, 4.69) is 15.4 Å². The summed E-state index contributed by atoms with van der Waals surface area (Å²) in [5.74, 6) is 1.54. The zero-order valence-corrected chi connectivity index (χ0v) is 16.8. The van der Waals surface area contributed by atoms with Gasteiger partial charge in [-0.3, -0.25) is 4.68 Å². The van der Waals surface area contributed by atoms with Crippen LogP contribution in [0.2, 0.25) is 0 Å². The first-order valence-corrected chi connectivity index (χ1v) is 10.0. The third kappa shape index (κ3) is 4.13. The van der Waals surface area contributed by atoms with Crippen LogP contribution >= 0.6 is 0 Å². The van der Waals surface area contributed by atoms with E-state index in [4.69, 9.17) is 4.74 Å². The second kappa shape index (κ2) is 7.45. The molecule has 3 heterocycles. The predicted octanol–water partition coefficient (Wildman–Crippen LogP) is 3.12. The largest absolute Gasteiger partial charge is 0.472 e. The molecule has 2 amide bonds. The summed E-state index contributed by atoms with van der Waals surface area (Å²) >= 11 is 0. The molecule has 1 saturated carbocycles. The number of hydrogen-bond acceptors (Lipinski definition) is 4. The molecule has 1 N–H and O–H groups in total. The predicted molar refractivity (Wildman–Crippen MR) is 106 cm³/mol. The number of pyridine rings is 1. The zero-order valence-electron chi connectivity index (χ0n) is 16.8. The van der Waals surface area contributed by atoms with Crippen molar-refractivity contribution in [3.05, 3.63) is 42.9 Å². The van der Waals surface area contributed by atoms with E-state index in [1.54, 1.807) is 6.20 Å². The van der Waals surface area contributed by atoms with Crippen LogP contribution in [0, 0.1) is 11.8 Å². The molecular formula is C21H29N5O2. The molecule has 28 heavy (non-hydrogen) atoms. The Morgan fingerprint density at radius 1 is 1.14 bits per heavy atom. The third-order valence-corrected chi connectivity index (χ3v) is 5.63. The summed E-state index contributed by atoms with van der Waals surface area (Å²) in [6.07, 6.45) is 7.38. The second-order valence-corrected chi connectivity index (χ2v) is 8.95. The molecular weight excluding hydrogens is 354 g/mol. The van der Waals surface area contributed by atoms with Gasteiger partial charge in [0.2, 0.25) is 5.88 Å². The Balaban J connectivity index is 1.50. The molecule has 2 aliphatic rings. The maximum atomic E-state index is 12.6. The van der Waals surface area contributed by atoms with Gasteiger partial charge in [0, 0.05) is 43.3 Å². The Kier molecular flexibility index (Phi) is 5.00. The fourth-order valence-electron chi connectivity index (χ4n) is 4.41. The molecule has 0 unspecified atom stereocenters. The van der Waals surface area contributed by atoms with Gasteiger partial charge in [-0.2, -0.15) is 5.10 Å². The molecule has 2 fully saturated rings. The molecule has 0 radical (unpaired) electrons. The highest BCUT2D eigenvalue weighted by molar-refractivity contribution is 5.75. The van der Waals surface area contributed by atoms with E-state index in [1.807, 2.05) is 67.0 Å². The number of nitrogens with one attached hydrogen (secondary N) is 1. The fraction of sp³-hybridized carbons (Fsp3) is 0.571. The SMILES string of the molecule is CC(C)(C)NC(=O)N1C[C@H]2C[C@H](Oc3ccccn3)[C@@H](n3cccn3)C[C@H]2C1. The van der Waals surface area contributed by atoms with E-state index in [-0.39, 0.29) is 23.7 Å². The van der Waals surface area contributed by atoms with Crippen molar-refractivity contribution in [3.63, 3.8) is 0 Å². The van der Waals surface area contributed by atoms with Crippen LogP contribution in [-0.2, 0) is 0 Å². The number of ether oxygens (including phenoxy) is 1. The van der Waals surface area contributed by atoms with Crippen LogP contribution in [0.4, 0.5) is 4.79 Å². The molecule has 1 saturated heterocycles. The van der Waals surface area contributed by atoms with Crippen LogP contribution < -0.4 is 10.1 Å². The number of urea groups is 1. The Morgan fingerprint density at radius 2 is 1.93 bits per heavy atom. The minimum atomic E-state index is -0.229. The summed E-state index contributed by atoms with van der Waals surface area (Å²) in [6, 6.07) is 7.83. The first-order valence-electron chi connectivity index (χ1n) is 10.0. The van der Waals surface area contributed by atoms with Crippen LogP contribution in [-0.4, -0.2) is 50.4 Å². The number of aromatic nitrogens is 3. The minimum absolute atomic E-state index is 0.0123. The maximum absolute atomic E-state index is 12.6. The molecule has 7 nitrogen and oxygen atoms in total. The number of hydrogen-bond donors (Lipinski definition) is 1. The average Bonchev–Trinajstić information content (AvgIpc) is 3.30. The van der Waals surface area contributed by atoms with Gasteiger partial charge in [-0.25, -0.2) is 9.78 Å². The highest BCUT2D eigenvalue weighted by Gasteiger charge is 2.45. The number of carbonyl (C=O) groups is 1. The molecule has 4 rings (SSSR count). The Labute approximate surface area is 166 Å². The lowest BCUT2D eigenvalue weighted by molar-refractivity contribution is 0.0459. The molecule has 150 valence electrons. The van der Waals surface area contributed by atoms with Crippen LogP contribution in [0.15, 0.2) is 42.9 Å². The number of amides is 2. The third-order valence-electron chi connectivity index (χ3n) is 5.63. The number of rotatable bonds is 3. The van der Waals surface area contributed by atoms with Gasteiger partial charge in [0.05, 0.1) is 6.04 Å². The lowest BCUT2D eigenvalue weighted by atomic mass is 9.77. The Morgan fingerprint density at radius 3 is 2.57 bits per heavy atom. The normalized spacial score (nSPS) is 27.3. The number of fused-ring (bicyclic) bond motifs is 1. The summed E-state index contributed by atoms with van der Waals surface area (Å²) in [4.78, 5) is 18.9. The quantitative estimate of drug-likeness (QED) is 0.884. The summed E-state index contributed by atoms with van der Waals surface area (Å²) in [6.45, 7) is 7.61. The molecule has 1 aliphatic heterocycles. The number of nitrogens with zero attached hydrogens (tertiary/aromatic N) is 4. The van der Waals surface area contributed by atoms with E-state index in [0.717, 1.165) is 25.9 Å². The van der Waals surface area contributed by atoms with E-state index in [0.29, 0.717) is 17.7 Å². The van der Waals surface area contributed by atoms with Crippen molar-refractivity contribution in [2.75, 3.05) is 13.1 Å². The van der Waals surface area contributed by atoms with E-state index >= 15 is 0 Å². The lowest BCUT2D eigenvalue weighted by Crippen LogP contribution is -2.47. The lowest BCUT2D eigenvalue weighted by Gasteiger charge is -2.37. The van der Waals surface area contributed by atoms with Gasteiger partial charge in [0.15, 0.2) is 0 Å². The Hall–Kier alpha value is -2.57. The van der Waals surface area contributed by atoms with Gasteiger partial charge in [-0.1, -0.05) is 6.07 Å². The zero-order chi connectivity index (χ0) is 19.7. The van der Waals surface area contributed by atoms with E-state index < -0.39 is 0 Å². The van der Waals surface area contributed by atoms with Crippen molar-refractivity contribution in [2.45, 2.75) is 51.3 Å². The van der Waals surface area contributed by atoms with Crippen LogP contribution in [0.3, 0.4) is 0 Å². The monoisotopic (exact) mass is 383 g/mol. The molecule has 4 atom stereocenters. The second-order valence-electron chi connectivity index (χ2n) is 8.95. The molecule has 2 aromatic rings. The average molecular weight is 383 g/mol. The van der Waals surface area contributed by atoms with Gasteiger partial charge >= 0.3 is 6.03 Å². The summed E-state index contributed by atoms with van der Waals surface area (Å²) < 4.78 is 8.29. The maximum Gasteiger partial charge on any atom is 0.317 e. The van der Waals surface area contributed by atoms with Crippen molar-refractivity contribution >= 4 is 6.03 Å². The standard InChI is InChI=1S/C21H29N5O2/c1-21(2,3)24-20(27)25-13-15-11-17(26-10-6-9-23-26)18(12-16(15)14-25)28-19-7-4-5-8-22-19/h4-10,15-18H,11-14H2,1-3H3,(H,24,27)/t15-,16+,17-,18-/m0/s1. The fourth-order valence-corrected chi connectivity index (χ4v) is 4.41. The van der Waals surface area contributed by atoms with Crippen molar-refractivity contribution in [3.8, 4) is 5.88 Å². The van der Waals surface area contributed by atoms with Crippen molar-refractivity contribution in [1.82, 2.24) is 25.0 Å². The van der Waals surface area contributed by atoms with Crippen LogP contribution in [0.5, 0.6) is 5.88 Å². The van der Waals surface area contributed by atoms with Crippen LogP contribution in [0.1, 0.15) is 39.7 Å². The molecule has 0 bridgehead atoms. The van der Waals surface area contributed by atoms with Gasteiger partial charge in [0.1, 0.15) is 6.10 Å². The number of carbonyl (C=O) groups excluding carboxylic acids is 1. The smallest absolute Gasteiger partial charge is 0.317 e. The van der Waals surface area contributed by atoms with Crippen LogP contribution in [0.25, 0.3) is 0 Å². The first-order chi connectivity index (χ1) is 13.4. The van der Waals surface area contributed by atoms with Crippen molar-refractivity contribution < 1.29 is 9.53 Å². The van der Waals surface area contributed by atoms with E-state index in [1.165, 1.54) is 0 Å². The molecule has 2 aromatic heterocycles. The molecule has 0 spiro atoms. The van der Waals surface area contributed by atoms with Gasteiger partial charge < -0.3 is 15.0 Å². The minimum Gasteiger partial charge on any atom is -0.472 e. The number of likely N-dealkylation sites (tertiary alicyclic amines) is 1. The molecule has 0 aromatic carbocycles.